The van der Waals surface area contributed by atoms with Crippen molar-refractivity contribution in [2.75, 3.05) is 4.90 Å². The molecule has 2 amide bonds. The molecule has 2 aliphatic rings. The summed E-state index contributed by atoms with van der Waals surface area (Å²) in [7, 11) is 0. The fourth-order valence-electron chi connectivity index (χ4n) is 4.09. The van der Waals surface area contributed by atoms with Crippen molar-refractivity contribution in [2.45, 2.75) is 16.2 Å². The number of carbonyl (C=O) groups is 2. The molecule has 9 nitrogen and oxygen atoms in total. The van der Waals surface area contributed by atoms with Gasteiger partial charge in [0.05, 0.1) is 21.6 Å². The Kier molecular flexibility index (Phi) is 4.45. The zero-order chi connectivity index (χ0) is 21.9. The maximum Gasteiger partial charge on any atom is 0.305 e. The highest BCUT2D eigenvalue weighted by atomic mass is 32.2. The number of aromatic hydroxyl groups is 1. The van der Waals surface area contributed by atoms with E-state index in [1.165, 1.54) is 12.1 Å². The minimum absolute atomic E-state index is 0.136. The number of aromatic amines is 1. The smallest absolute Gasteiger partial charge is 0.305 e. The number of nitro groups is 1. The summed E-state index contributed by atoms with van der Waals surface area (Å²) in [6.45, 7) is 0. The third-order valence-electron chi connectivity index (χ3n) is 5.40. The van der Waals surface area contributed by atoms with Crippen LogP contribution in [0.2, 0.25) is 0 Å². The van der Waals surface area contributed by atoms with Crippen molar-refractivity contribution in [1.29, 1.82) is 0 Å². The normalized spacial score (nSPS) is 22.3. The quantitative estimate of drug-likeness (QED) is 0.352. The van der Waals surface area contributed by atoms with Gasteiger partial charge in [0, 0.05) is 28.5 Å². The first kappa shape index (κ1) is 19.5. The molecule has 1 fully saturated rings. The summed E-state index contributed by atoms with van der Waals surface area (Å²) in [6.07, 6.45) is 0. The van der Waals surface area contributed by atoms with Crippen molar-refractivity contribution in [3.8, 4) is 5.75 Å². The second kappa shape index (κ2) is 7.06. The van der Waals surface area contributed by atoms with Crippen molar-refractivity contribution in [3.63, 3.8) is 0 Å². The maximum atomic E-state index is 13.5. The number of aromatic nitrogens is 1. The Balaban J connectivity index is 1.70. The first-order valence-electron chi connectivity index (χ1n) is 9.16. The highest BCUT2D eigenvalue weighted by molar-refractivity contribution is 8.00. The van der Waals surface area contributed by atoms with E-state index >= 15 is 0 Å². The topological polar surface area (TPSA) is 134 Å². The van der Waals surface area contributed by atoms with Gasteiger partial charge >= 0.3 is 4.87 Å². The second-order valence-electron chi connectivity index (χ2n) is 7.10. The number of hydrogen-bond donors (Lipinski definition) is 2. The summed E-state index contributed by atoms with van der Waals surface area (Å²) < 4.78 is 0. The van der Waals surface area contributed by atoms with Crippen LogP contribution in [0.1, 0.15) is 16.4 Å². The standard InChI is InChI=1S/C20H13N3O6S2/c24-12-7-6-10(23(28)29)8-11(12)13-14-16(30-17-15(13)31-20(27)21-17)19(26)22(18(14)25)9-4-2-1-3-5-9/h1-8,13-14,16,24H,(H,21,27)/t13-,14+,16-/m1/s1. The van der Waals surface area contributed by atoms with Crippen molar-refractivity contribution in [3.05, 3.63) is 78.8 Å². The number of carbonyl (C=O) groups excluding carboxylic acids is 2. The number of H-pyrrole nitrogens is 1. The number of nitrogens with zero attached hydrogens (tertiary/aromatic N) is 2. The molecule has 0 radical (unpaired) electrons. The first-order valence-corrected chi connectivity index (χ1v) is 10.9. The fourth-order valence-corrected chi connectivity index (χ4v) is 6.59. The van der Waals surface area contributed by atoms with Crippen LogP contribution in [0.25, 0.3) is 0 Å². The van der Waals surface area contributed by atoms with Gasteiger partial charge in [-0.25, -0.2) is 4.90 Å². The van der Waals surface area contributed by atoms with Crippen molar-refractivity contribution in [1.82, 2.24) is 4.98 Å². The molecule has 2 aliphatic heterocycles. The number of benzene rings is 2. The molecular weight excluding hydrogens is 442 g/mol. The van der Waals surface area contributed by atoms with E-state index in [0.717, 1.165) is 34.1 Å². The van der Waals surface area contributed by atoms with E-state index < -0.39 is 33.8 Å². The molecule has 0 unspecified atom stereocenters. The number of rotatable bonds is 3. The van der Waals surface area contributed by atoms with Crippen molar-refractivity contribution in [2.24, 2.45) is 5.92 Å². The highest BCUT2D eigenvalue weighted by Gasteiger charge is 2.56. The van der Waals surface area contributed by atoms with Crippen molar-refractivity contribution >= 4 is 46.3 Å². The maximum absolute atomic E-state index is 13.5. The van der Waals surface area contributed by atoms with Gasteiger partial charge in [0.1, 0.15) is 11.0 Å². The monoisotopic (exact) mass is 455 g/mol. The Morgan fingerprint density at radius 3 is 2.52 bits per heavy atom. The number of phenols is 1. The lowest BCUT2D eigenvalue weighted by Crippen LogP contribution is -2.32. The molecule has 3 atom stereocenters. The van der Waals surface area contributed by atoms with Crippen LogP contribution in [0.5, 0.6) is 5.75 Å². The largest absolute Gasteiger partial charge is 0.508 e. The molecule has 3 heterocycles. The van der Waals surface area contributed by atoms with E-state index in [-0.39, 0.29) is 21.9 Å². The predicted octanol–water partition coefficient (Wildman–Crippen LogP) is 2.85. The molecule has 0 bridgehead atoms. The summed E-state index contributed by atoms with van der Waals surface area (Å²) in [5, 5.41) is 21.4. The molecule has 3 aromatic rings. The molecule has 0 spiro atoms. The number of non-ortho nitro benzene ring substituents is 1. The third-order valence-corrected chi connectivity index (χ3v) is 7.80. The lowest BCUT2D eigenvalue weighted by molar-refractivity contribution is -0.385. The van der Waals surface area contributed by atoms with Crippen LogP contribution in [0.15, 0.2) is 58.4 Å². The summed E-state index contributed by atoms with van der Waals surface area (Å²) in [6, 6.07) is 12.0. The first-order chi connectivity index (χ1) is 14.9. The molecule has 1 aromatic heterocycles. The van der Waals surface area contributed by atoms with E-state index in [0.29, 0.717) is 15.6 Å². The van der Waals surface area contributed by atoms with E-state index in [4.69, 9.17) is 0 Å². The molecule has 11 heteroatoms. The molecule has 156 valence electrons. The summed E-state index contributed by atoms with van der Waals surface area (Å²) in [5.74, 6) is -2.96. The minimum atomic E-state index is -0.926. The van der Waals surface area contributed by atoms with Gasteiger partial charge in [-0.2, -0.15) is 0 Å². The Labute approximate surface area is 182 Å². The van der Waals surface area contributed by atoms with Gasteiger partial charge in [-0.05, 0) is 18.2 Å². The SMILES string of the molecule is O=C1[C@H]2[C@@H](c3cc([N+](=O)[O-])ccc3O)c3sc(=O)[nH]c3S[C@H]2C(=O)N1c1ccccc1. The predicted molar refractivity (Wildman–Crippen MR) is 114 cm³/mol. The Morgan fingerprint density at radius 1 is 1.06 bits per heavy atom. The van der Waals surface area contributed by atoms with E-state index in [1.54, 1.807) is 30.3 Å². The van der Waals surface area contributed by atoms with Crippen molar-refractivity contribution < 1.29 is 19.6 Å². The number of thiazole rings is 1. The Bertz CT molecular complexity index is 1300. The van der Waals surface area contributed by atoms with Crippen LogP contribution in [-0.2, 0) is 9.59 Å². The minimum Gasteiger partial charge on any atom is -0.508 e. The Morgan fingerprint density at radius 2 is 1.81 bits per heavy atom. The number of para-hydroxylation sites is 1. The van der Waals surface area contributed by atoms with E-state index in [9.17, 15) is 29.6 Å². The number of anilines is 1. The molecular formula is C20H13N3O6S2. The van der Waals surface area contributed by atoms with Crippen LogP contribution in [-0.4, -0.2) is 32.1 Å². The van der Waals surface area contributed by atoms with E-state index in [1.807, 2.05) is 0 Å². The van der Waals surface area contributed by atoms with Gasteiger partial charge in [0.15, 0.2) is 0 Å². The molecule has 5 rings (SSSR count). The van der Waals surface area contributed by atoms with Gasteiger partial charge in [-0.3, -0.25) is 24.5 Å². The second-order valence-corrected chi connectivity index (χ2v) is 9.26. The average Bonchev–Trinajstić information content (AvgIpc) is 3.24. The molecule has 2 aromatic carbocycles. The van der Waals surface area contributed by atoms with Crippen LogP contribution < -0.4 is 9.77 Å². The lowest BCUT2D eigenvalue weighted by atomic mass is 9.82. The van der Waals surface area contributed by atoms with E-state index in [2.05, 4.69) is 4.98 Å². The van der Waals surface area contributed by atoms with Crippen LogP contribution in [0.3, 0.4) is 0 Å². The number of thioether (sulfide) groups is 1. The van der Waals surface area contributed by atoms with Gasteiger partial charge in [-0.15, -0.1) is 0 Å². The summed E-state index contributed by atoms with van der Waals surface area (Å²) >= 11 is 1.97. The molecule has 0 aliphatic carbocycles. The summed E-state index contributed by atoms with van der Waals surface area (Å²) in [4.78, 5) is 53.4. The molecule has 1 saturated heterocycles. The van der Waals surface area contributed by atoms with Crippen LogP contribution in [0, 0.1) is 16.0 Å². The summed E-state index contributed by atoms with van der Waals surface area (Å²) in [5.41, 5.74) is 0.298. The number of hydrogen-bond acceptors (Lipinski definition) is 8. The van der Waals surface area contributed by atoms with Gasteiger partial charge < -0.3 is 10.1 Å². The average molecular weight is 455 g/mol. The fraction of sp³-hybridized carbons (Fsp3) is 0.150. The third kappa shape index (κ3) is 2.96. The number of imide groups is 1. The van der Waals surface area contributed by atoms with Gasteiger partial charge in [0.25, 0.3) is 5.69 Å². The molecule has 31 heavy (non-hydrogen) atoms. The number of nitrogens with one attached hydrogen (secondary N) is 1. The molecule has 0 saturated carbocycles. The van der Waals surface area contributed by atoms with Gasteiger partial charge in [0.2, 0.25) is 11.8 Å². The molecule has 2 N–H and O–H groups in total. The number of amides is 2. The number of phenolic OH excluding ortho intramolecular Hbond substituents is 1. The number of nitro benzene ring substituents is 1. The Hall–Kier alpha value is -3.44. The zero-order valence-corrected chi connectivity index (χ0v) is 17.2. The number of fused-ring (bicyclic) bond motifs is 2. The highest BCUT2D eigenvalue weighted by Crippen LogP contribution is 2.54. The van der Waals surface area contributed by atoms with Crippen LogP contribution >= 0.6 is 23.1 Å². The lowest BCUT2D eigenvalue weighted by Gasteiger charge is -2.30. The zero-order valence-electron chi connectivity index (χ0n) is 15.6. The van der Waals surface area contributed by atoms with Crippen LogP contribution in [0.4, 0.5) is 11.4 Å². The van der Waals surface area contributed by atoms with Gasteiger partial charge in [-0.1, -0.05) is 41.3 Å².